The van der Waals surface area contributed by atoms with Crippen LogP contribution in [0.3, 0.4) is 0 Å². The van der Waals surface area contributed by atoms with Gasteiger partial charge in [-0.15, -0.1) is 0 Å². The van der Waals surface area contributed by atoms with Crippen LogP contribution in [0.5, 0.6) is 11.6 Å². The van der Waals surface area contributed by atoms with Gasteiger partial charge in [0.2, 0.25) is 11.7 Å². The minimum atomic E-state index is -0.0786. The van der Waals surface area contributed by atoms with Crippen molar-refractivity contribution in [3.05, 3.63) is 29.8 Å². The number of hydrogen-bond acceptors (Lipinski definition) is 4. The summed E-state index contributed by atoms with van der Waals surface area (Å²) in [5.41, 5.74) is 1.23. The van der Waals surface area contributed by atoms with Crippen molar-refractivity contribution in [3.63, 3.8) is 0 Å². The van der Waals surface area contributed by atoms with Gasteiger partial charge in [-0.1, -0.05) is 12.1 Å². The number of carbonyl (C=O) groups is 1. The highest BCUT2D eigenvalue weighted by Crippen LogP contribution is 2.37. The quantitative estimate of drug-likeness (QED) is 0.728. The number of nitrogens with zero attached hydrogens (tertiary/aromatic N) is 1. The molecule has 0 saturated heterocycles. The van der Waals surface area contributed by atoms with Crippen molar-refractivity contribution in [3.8, 4) is 11.6 Å². The first-order chi connectivity index (χ1) is 7.81. The summed E-state index contributed by atoms with van der Waals surface area (Å²) in [6.07, 6.45) is 0. The lowest BCUT2D eigenvalue weighted by atomic mass is 10.1. The molecule has 3 rings (SSSR count). The third-order valence-electron chi connectivity index (χ3n) is 2.63. The highest BCUT2D eigenvalue weighted by Gasteiger charge is 2.28. The van der Waals surface area contributed by atoms with Crippen molar-refractivity contribution in [2.45, 2.75) is 0 Å². The molecule has 0 spiro atoms. The number of ether oxygens (including phenoxy) is 2. The van der Waals surface area contributed by atoms with Crippen LogP contribution >= 0.6 is 0 Å². The van der Waals surface area contributed by atoms with E-state index in [1.54, 1.807) is 7.11 Å². The zero-order valence-electron chi connectivity index (χ0n) is 8.69. The lowest BCUT2D eigenvalue weighted by molar-refractivity contribution is 0.0958. The number of methoxy groups -OCH3 is 1. The van der Waals surface area contributed by atoms with Gasteiger partial charge in [0.25, 0.3) is 0 Å². The SMILES string of the molecule is COc1c2c(nc3ccccc13)OCC2=O. The van der Waals surface area contributed by atoms with Crippen molar-refractivity contribution in [2.24, 2.45) is 0 Å². The Bertz CT molecular complexity index is 592. The number of fused-ring (bicyclic) bond motifs is 2. The van der Waals surface area contributed by atoms with E-state index < -0.39 is 0 Å². The fourth-order valence-corrected chi connectivity index (χ4v) is 1.93. The Hall–Kier alpha value is -2.10. The van der Waals surface area contributed by atoms with Crippen LogP contribution in [0.2, 0.25) is 0 Å². The number of hydrogen-bond donors (Lipinski definition) is 0. The first-order valence-electron chi connectivity index (χ1n) is 4.94. The Morgan fingerprint density at radius 1 is 1.38 bits per heavy atom. The van der Waals surface area contributed by atoms with E-state index in [1.165, 1.54) is 0 Å². The topological polar surface area (TPSA) is 48.4 Å². The van der Waals surface area contributed by atoms with Gasteiger partial charge < -0.3 is 9.47 Å². The highest BCUT2D eigenvalue weighted by atomic mass is 16.5. The van der Waals surface area contributed by atoms with Crippen LogP contribution in [-0.2, 0) is 0 Å². The first kappa shape index (κ1) is 9.15. The average molecular weight is 215 g/mol. The van der Waals surface area contributed by atoms with Crippen LogP contribution in [0.15, 0.2) is 24.3 Å². The highest BCUT2D eigenvalue weighted by molar-refractivity contribution is 6.08. The zero-order valence-corrected chi connectivity index (χ0v) is 8.69. The third-order valence-corrected chi connectivity index (χ3v) is 2.63. The van der Waals surface area contributed by atoms with E-state index in [4.69, 9.17) is 9.47 Å². The van der Waals surface area contributed by atoms with Gasteiger partial charge in [0, 0.05) is 5.39 Å². The van der Waals surface area contributed by atoms with Gasteiger partial charge in [0.05, 0.1) is 12.6 Å². The summed E-state index contributed by atoms with van der Waals surface area (Å²) in [4.78, 5) is 15.9. The molecule has 16 heavy (non-hydrogen) atoms. The molecular weight excluding hydrogens is 206 g/mol. The second-order valence-corrected chi connectivity index (χ2v) is 3.55. The van der Waals surface area contributed by atoms with Crippen LogP contribution < -0.4 is 9.47 Å². The molecule has 0 N–H and O–H groups in total. The van der Waals surface area contributed by atoms with Gasteiger partial charge >= 0.3 is 0 Å². The van der Waals surface area contributed by atoms with Gasteiger partial charge in [-0.3, -0.25) is 4.79 Å². The number of aromatic nitrogens is 1. The fraction of sp³-hybridized carbons (Fsp3) is 0.167. The molecule has 4 heteroatoms. The summed E-state index contributed by atoms with van der Waals surface area (Å²) < 4.78 is 10.5. The van der Waals surface area contributed by atoms with E-state index in [2.05, 4.69) is 4.98 Å². The van der Waals surface area contributed by atoms with Crippen LogP contribution in [0.4, 0.5) is 0 Å². The van der Waals surface area contributed by atoms with E-state index in [-0.39, 0.29) is 12.4 Å². The second kappa shape index (κ2) is 3.20. The minimum absolute atomic E-state index is 0.0506. The molecule has 0 amide bonds. The molecular formula is C12H9NO3. The third kappa shape index (κ3) is 1.10. The van der Waals surface area contributed by atoms with Crippen molar-refractivity contribution >= 4 is 16.7 Å². The van der Waals surface area contributed by atoms with E-state index in [0.29, 0.717) is 17.2 Å². The van der Waals surface area contributed by atoms with Crippen molar-refractivity contribution < 1.29 is 14.3 Å². The molecule has 4 nitrogen and oxygen atoms in total. The molecule has 0 atom stereocenters. The maximum atomic E-state index is 11.6. The minimum Gasteiger partial charge on any atom is -0.495 e. The summed E-state index contributed by atoms with van der Waals surface area (Å²) in [6, 6.07) is 7.52. The largest absolute Gasteiger partial charge is 0.495 e. The van der Waals surface area contributed by atoms with Crippen LogP contribution in [0, 0.1) is 0 Å². The Kier molecular flexibility index (Phi) is 1.83. The number of pyridine rings is 1. The Labute approximate surface area is 91.8 Å². The molecule has 2 aromatic rings. The number of rotatable bonds is 1. The van der Waals surface area contributed by atoms with E-state index >= 15 is 0 Å². The summed E-state index contributed by atoms with van der Waals surface area (Å²) in [7, 11) is 1.55. The molecule has 0 radical (unpaired) electrons. The monoisotopic (exact) mass is 215 g/mol. The molecule has 1 aromatic heterocycles. The summed E-state index contributed by atoms with van der Waals surface area (Å²) in [5.74, 6) is 0.855. The van der Waals surface area contributed by atoms with Crippen LogP contribution in [0.25, 0.3) is 10.9 Å². The lowest BCUT2D eigenvalue weighted by Gasteiger charge is -2.08. The van der Waals surface area contributed by atoms with Crippen molar-refractivity contribution in [2.75, 3.05) is 13.7 Å². The smallest absolute Gasteiger partial charge is 0.229 e. The standard InChI is InChI=1S/C12H9NO3/c1-15-11-7-4-2-3-5-8(7)13-12-10(11)9(14)6-16-12/h2-5H,6H2,1H3. The zero-order chi connectivity index (χ0) is 11.1. The second-order valence-electron chi connectivity index (χ2n) is 3.55. The molecule has 0 fully saturated rings. The molecule has 0 aliphatic carbocycles. The summed E-state index contributed by atoms with van der Waals surface area (Å²) in [5, 5.41) is 0.836. The number of Topliss-reactive ketones (excluding diaryl/α,β-unsaturated/α-hetero) is 1. The van der Waals surface area contributed by atoms with Gasteiger partial charge in [-0.05, 0) is 12.1 Å². The number of benzene rings is 1. The predicted molar refractivity (Wildman–Crippen MR) is 58.1 cm³/mol. The van der Waals surface area contributed by atoms with E-state index in [1.807, 2.05) is 24.3 Å². The van der Waals surface area contributed by atoms with Crippen LogP contribution in [-0.4, -0.2) is 24.5 Å². The summed E-state index contributed by atoms with van der Waals surface area (Å²) in [6.45, 7) is 0.0506. The normalized spacial score (nSPS) is 13.7. The Balaban J connectivity index is 2.44. The van der Waals surface area contributed by atoms with E-state index in [9.17, 15) is 4.79 Å². The van der Waals surface area contributed by atoms with Crippen molar-refractivity contribution in [1.29, 1.82) is 0 Å². The molecule has 0 saturated carbocycles. The average Bonchev–Trinajstić information content (AvgIpc) is 2.68. The molecule has 80 valence electrons. The van der Waals surface area contributed by atoms with Gasteiger partial charge in [-0.25, -0.2) is 4.98 Å². The van der Waals surface area contributed by atoms with Crippen LogP contribution in [0.1, 0.15) is 10.4 Å². The van der Waals surface area contributed by atoms with Gasteiger partial charge in [0.15, 0.2) is 6.61 Å². The Morgan fingerprint density at radius 2 is 2.19 bits per heavy atom. The maximum Gasteiger partial charge on any atom is 0.229 e. The van der Waals surface area contributed by atoms with Crippen molar-refractivity contribution in [1.82, 2.24) is 4.98 Å². The summed E-state index contributed by atoms with van der Waals surface area (Å²) >= 11 is 0. The fourth-order valence-electron chi connectivity index (χ4n) is 1.93. The molecule has 1 aromatic carbocycles. The number of carbonyl (C=O) groups excluding carboxylic acids is 1. The Morgan fingerprint density at radius 3 is 3.00 bits per heavy atom. The molecule has 1 aliphatic rings. The molecule has 0 unspecified atom stereocenters. The van der Waals surface area contributed by atoms with Gasteiger partial charge in [0.1, 0.15) is 11.3 Å². The predicted octanol–water partition coefficient (Wildman–Crippen LogP) is 1.82. The van der Waals surface area contributed by atoms with Gasteiger partial charge in [-0.2, -0.15) is 0 Å². The molecule has 2 heterocycles. The molecule has 1 aliphatic heterocycles. The first-order valence-corrected chi connectivity index (χ1v) is 4.94. The number of para-hydroxylation sites is 1. The molecule has 0 bridgehead atoms. The lowest BCUT2D eigenvalue weighted by Crippen LogP contribution is -2.01. The maximum absolute atomic E-state index is 11.6. The van der Waals surface area contributed by atoms with E-state index in [0.717, 1.165) is 10.9 Å². The number of ketones is 1.